The van der Waals surface area contributed by atoms with Crippen LogP contribution in [0.5, 0.6) is 5.75 Å². The van der Waals surface area contributed by atoms with Gasteiger partial charge in [-0.2, -0.15) is 0 Å². The molecule has 0 spiro atoms. The van der Waals surface area contributed by atoms with Crippen LogP contribution in [-0.2, 0) is 10.2 Å². The number of hydrogen-bond donors (Lipinski definition) is 0. The van der Waals surface area contributed by atoms with Crippen molar-refractivity contribution in [3.63, 3.8) is 0 Å². The minimum Gasteiger partial charge on any atom is -0.426 e. The van der Waals surface area contributed by atoms with Gasteiger partial charge in [-0.1, -0.05) is 44.2 Å². The molecule has 116 valence electrons. The van der Waals surface area contributed by atoms with Crippen LogP contribution in [0.2, 0.25) is 0 Å². The molecule has 22 heavy (non-hydrogen) atoms. The lowest BCUT2D eigenvalue weighted by molar-refractivity contribution is -0.131. The van der Waals surface area contributed by atoms with E-state index in [-0.39, 0.29) is 11.4 Å². The van der Waals surface area contributed by atoms with Crippen LogP contribution in [0.4, 0.5) is 0 Å². The quantitative estimate of drug-likeness (QED) is 0.597. The van der Waals surface area contributed by atoms with E-state index in [9.17, 15) is 4.79 Å². The average molecular weight is 296 g/mol. The fraction of sp³-hybridized carbons (Fsp3) is 0.350. The molecule has 2 aromatic rings. The monoisotopic (exact) mass is 296 g/mol. The summed E-state index contributed by atoms with van der Waals surface area (Å²) in [5.41, 5.74) is 5.99. The lowest BCUT2D eigenvalue weighted by Gasteiger charge is -2.27. The summed E-state index contributed by atoms with van der Waals surface area (Å²) in [7, 11) is 0. The highest BCUT2D eigenvalue weighted by Crippen LogP contribution is 2.34. The van der Waals surface area contributed by atoms with Gasteiger partial charge >= 0.3 is 5.97 Å². The van der Waals surface area contributed by atoms with Crippen LogP contribution in [0, 0.1) is 20.8 Å². The summed E-state index contributed by atoms with van der Waals surface area (Å²) in [6.45, 7) is 12.1. The molecule has 2 heteroatoms. The van der Waals surface area contributed by atoms with E-state index in [1.165, 1.54) is 29.2 Å². The third-order valence-electron chi connectivity index (χ3n) is 4.38. The normalized spacial score (nSPS) is 11.4. The molecule has 0 fully saturated rings. The van der Waals surface area contributed by atoms with Crippen molar-refractivity contribution in [3.8, 4) is 5.75 Å². The van der Waals surface area contributed by atoms with Gasteiger partial charge in [0, 0.05) is 12.3 Å². The van der Waals surface area contributed by atoms with Gasteiger partial charge in [0.25, 0.3) is 0 Å². The zero-order chi connectivity index (χ0) is 16.5. The average Bonchev–Trinajstić information content (AvgIpc) is 2.43. The molecule has 0 unspecified atom stereocenters. The molecule has 2 rings (SSSR count). The van der Waals surface area contributed by atoms with Crippen molar-refractivity contribution < 1.29 is 9.53 Å². The first-order chi connectivity index (χ1) is 10.2. The SMILES string of the molecule is CC(=O)Oc1ccc(C(C)(C)c2ccc(C)c(C)c2)cc1C. The van der Waals surface area contributed by atoms with Crippen LogP contribution >= 0.6 is 0 Å². The Labute approximate surface area is 133 Å². The lowest BCUT2D eigenvalue weighted by atomic mass is 9.77. The molecule has 0 aromatic heterocycles. The van der Waals surface area contributed by atoms with Gasteiger partial charge in [-0.25, -0.2) is 0 Å². The first-order valence-electron chi connectivity index (χ1n) is 7.59. The number of ether oxygens (including phenoxy) is 1. The van der Waals surface area contributed by atoms with Gasteiger partial charge in [0.1, 0.15) is 5.75 Å². The van der Waals surface area contributed by atoms with Crippen LogP contribution in [0.1, 0.15) is 48.6 Å². The fourth-order valence-corrected chi connectivity index (χ4v) is 2.60. The number of esters is 1. The van der Waals surface area contributed by atoms with E-state index < -0.39 is 0 Å². The molecular formula is C20H24O2. The highest BCUT2D eigenvalue weighted by atomic mass is 16.5. The third-order valence-corrected chi connectivity index (χ3v) is 4.38. The predicted octanol–water partition coefficient (Wildman–Crippen LogP) is 4.86. The minimum absolute atomic E-state index is 0.0992. The number of carbonyl (C=O) groups excluding carboxylic acids is 1. The second-order valence-corrected chi connectivity index (χ2v) is 6.50. The predicted molar refractivity (Wildman–Crippen MR) is 90.5 cm³/mol. The van der Waals surface area contributed by atoms with Gasteiger partial charge in [0.05, 0.1) is 0 Å². The van der Waals surface area contributed by atoms with Gasteiger partial charge in [-0.15, -0.1) is 0 Å². The second-order valence-electron chi connectivity index (χ2n) is 6.50. The molecular weight excluding hydrogens is 272 g/mol. The summed E-state index contributed by atoms with van der Waals surface area (Å²) < 4.78 is 5.21. The van der Waals surface area contributed by atoms with Crippen molar-refractivity contribution in [2.75, 3.05) is 0 Å². The summed E-state index contributed by atoms with van der Waals surface area (Å²) in [6, 6.07) is 12.7. The Morgan fingerprint density at radius 2 is 1.41 bits per heavy atom. The third kappa shape index (κ3) is 3.22. The topological polar surface area (TPSA) is 26.3 Å². The van der Waals surface area contributed by atoms with E-state index in [1.807, 2.05) is 19.1 Å². The first-order valence-corrected chi connectivity index (χ1v) is 7.59. The van der Waals surface area contributed by atoms with Crippen molar-refractivity contribution >= 4 is 5.97 Å². The number of carbonyl (C=O) groups is 1. The highest BCUT2D eigenvalue weighted by Gasteiger charge is 2.24. The molecule has 0 amide bonds. The van der Waals surface area contributed by atoms with Gasteiger partial charge in [0.15, 0.2) is 0 Å². The summed E-state index contributed by atoms with van der Waals surface area (Å²) in [5, 5.41) is 0. The number of aryl methyl sites for hydroxylation is 3. The molecule has 0 atom stereocenters. The fourth-order valence-electron chi connectivity index (χ4n) is 2.60. The van der Waals surface area contributed by atoms with Crippen LogP contribution in [-0.4, -0.2) is 5.97 Å². The molecule has 0 aliphatic heterocycles. The maximum absolute atomic E-state index is 11.1. The zero-order valence-corrected chi connectivity index (χ0v) is 14.3. The van der Waals surface area contributed by atoms with E-state index in [1.54, 1.807) is 0 Å². The Hall–Kier alpha value is -2.09. The van der Waals surface area contributed by atoms with Crippen molar-refractivity contribution in [2.45, 2.75) is 47.0 Å². The Kier molecular flexibility index (Phi) is 4.41. The molecule has 0 aliphatic rings. The lowest BCUT2D eigenvalue weighted by Crippen LogP contribution is -2.19. The Morgan fingerprint density at radius 3 is 1.91 bits per heavy atom. The van der Waals surface area contributed by atoms with Crippen molar-refractivity contribution in [3.05, 3.63) is 64.2 Å². The van der Waals surface area contributed by atoms with Gasteiger partial charge in [-0.05, 0) is 54.7 Å². The van der Waals surface area contributed by atoms with Gasteiger partial charge < -0.3 is 4.74 Å². The largest absolute Gasteiger partial charge is 0.426 e. The minimum atomic E-state index is -0.288. The standard InChI is InChI=1S/C20H24O2/c1-13-7-8-17(11-14(13)2)20(5,6)18-9-10-19(15(3)12-18)22-16(4)21/h7-12H,1-6H3. The molecule has 0 aliphatic carbocycles. The Bertz CT molecular complexity index is 712. The summed E-state index contributed by atoms with van der Waals surface area (Å²) in [5.74, 6) is 0.344. The van der Waals surface area contributed by atoms with Crippen LogP contribution in [0.15, 0.2) is 36.4 Å². The van der Waals surface area contributed by atoms with Gasteiger partial charge in [-0.3, -0.25) is 4.79 Å². The molecule has 0 radical (unpaired) electrons. The smallest absolute Gasteiger partial charge is 0.308 e. The van der Waals surface area contributed by atoms with E-state index in [0.29, 0.717) is 5.75 Å². The van der Waals surface area contributed by atoms with Gasteiger partial charge in [0.2, 0.25) is 0 Å². The first kappa shape index (κ1) is 16.3. The molecule has 0 bridgehead atoms. The molecule has 2 nitrogen and oxygen atoms in total. The van der Waals surface area contributed by atoms with Crippen molar-refractivity contribution in [1.82, 2.24) is 0 Å². The highest BCUT2D eigenvalue weighted by molar-refractivity contribution is 5.69. The zero-order valence-electron chi connectivity index (χ0n) is 14.3. The molecule has 2 aromatic carbocycles. The van der Waals surface area contributed by atoms with E-state index in [0.717, 1.165) is 5.56 Å². The summed E-state index contributed by atoms with van der Waals surface area (Å²) in [4.78, 5) is 11.1. The summed E-state index contributed by atoms with van der Waals surface area (Å²) in [6.07, 6.45) is 0. The number of benzene rings is 2. The van der Waals surface area contributed by atoms with E-state index in [4.69, 9.17) is 4.74 Å². The molecule has 0 saturated heterocycles. The maximum atomic E-state index is 11.1. The van der Waals surface area contributed by atoms with Crippen molar-refractivity contribution in [1.29, 1.82) is 0 Å². The second kappa shape index (κ2) is 5.96. The Morgan fingerprint density at radius 1 is 0.864 bits per heavy atom. The summed E-state index contributed by atoms with van der Waals surface area (Å²) >= 11 is 0. The molecule has 0 saturated carbocycles. The number of rotatable bonds is 3. The molecule has 0 heterocycles. The van der Waals surface area contributed by atoms with Crippen molar-refractivity contribution in [2.24, 2.45) is 0 Å². The van der Waals surface area contributed by atoms with Crippen LogP contribution in [0.25, 0.3) is 0 Å². The van der Waals surface area contributed by atoms with E-state index >= 15 is 0 Å². The maximum Gasteiger partial charge on any atom is 0.308 e. The molecule has 0 N–H and O–H groups in total. The Balaban J connectivity index is 2.42. The number of hydrogen-bond acceptors (Lipinski definition) is 2. The van der Waals surface area contributed by atoms with Crippen LogP contribution in [0.3, 0.4) is 0 Å². The van der Waals surface area contributed by atoms with Crippen LogP contribution < -0.4 is 4.74 Å². The van der Waals surface area contributed by atoms with E-state index in [2.05, 4.69) is 52.0 Å².